The van der Waals surface area contributed by atoms with Crippen molar-refractivity contribution in [1.82, 2.24) is 19.6 Å². The Labute approximate surface area is 180 Å². The fourth-order valence-corrected chi connectivity index (χ4v) is 3.52. The van der Waals surface area contributed by atoms with Crippen LogP contribution >= 0.6 is 11.6 Å². The largest absolute Gasteiger partial charge is 0.319 e. The van der Waals surface area contributed by atoms with Gasteiger partial charge in [0.25, 0.3) is 5.91 Å². The molecule has 4 rings (SSSR count). The van der Waals surface area contributed by atoms with Gasteiger partial charge in [-0.3, -0.25) is 14.2 Å². The molecule has 0 saturated heterocycles. The highest BCUT2D eigenvalue weighted by Gasteiger charge is 2.09. The Bertz CT molecular complexity index is 1180. The number of carbonyl (C=O) groups is 1. The van der Waals surface area contributed by atoms with E-state index in [9.17, 15) is 4.79 Å². The molecule has 1 amide bonds. The molecule has 4 aromatic rings. The molecule has 0 fully saturated rings. The fourth-order valence-electron chi connectivity index (χ4n) is 3.31. The summed E-state index contributed by atoms with van der Waals surface area (Å²) in [7, 11) is 0. The molecule has 0 aliphatic rings. The van der Waals surface area contributed by atoms with Gasteiger partial charge >= 0.3 is 0 Å². The number of amides is 1. The lowest BCUT2D eigenvalue weighted by Crippen LogP contribution is -2.12. The summed E-state index contributed by atoms with van der Waals surface area (Å²) in [5.74, 6) is -0.171. The van der Waals surface area contributed by atoms with E-state index in [1.807, 2.05) is 73.1 Å². The average molecular weight is 420 g/mol. The third kappa shape index (κ3) is 4.78. The summed E-state index contributed by atoms with van der Waals surface area (Å²) in [6.07, 6.45) is 3.44. The van der Waals surface area contributed by atoms with Crippen LogP contribution in [0.5, 0.6) is 0 Å². The number of halogens is 1. The van der Waals surface area contributed by atoms with Gasteiger partial charge in [-0.15, -0.1) is 0 Å². The molecular formula is C23H22ClN5O. The van der Waals surface area contributed by atoms with E-state index in [-0.39, 0.29) is 5.91 Å². The second-order valence-electron chi connectivity index (χ2n) is 7.29. The predicted octanol–water partition coefficient (Wildman–Crippen LogP) is 4.70. The number of nitrogens with zero attached hydrogens (tertiary/aromatic N) is 4. The first-order valence-corrected chi connectivity index (χ1v) is 10.0. The molecule has 0 bridgehead atoms. The van der Waals surface area contributed by atoms with Gasteiger partial charge in [-0.2, -0.15) is 10.2 Å². The van der Waals surface area contributed by atoms with Crippen molar-refractivity contribution in [3.05, 3.63) is 100 Å². The second-order valence-corrected chi connectivity index (χ2v) is 7.73. The maximum absolute atomic E-state index is 12.6. The molecule has 2 aromatic heterocycles. The van der Waals surface area contributed by atoms with Crippen LogP contribution in [0.4, 0.5) is 5.69 Å². The van der Waals surface area contributed by atoms with Crippen molar-refractivity contribution < 1.29 is 4.79 Å². The second kappa shape index (κ2) is 8.55. The van der Waals surface area contributed by atoms with Crippen LogP contribution in [0, 0.1) is 13.8 Å². The number of benzene rings is 2. The van der Waals surface area contributed by atoms with Crippen molar-refractivity contribution in [2.24, 2.45) is 0 Å². The molecule has 7 heteroatoms. The van der Waals surface area contributed by atoms with Gasteiger partial charge in [0, 0.05) is 22.5 Å². The highest BCUT2D eigenvalue weighted by atomic mass is 35.5. The van der Waals surface area contributed by atoms with Crippen molar-refractivity contribution in [2.75, 3.05) is 5.32 Å². The Hall–Kier alpha value is -3.38. The zero-order valence-corrected chi connectivity index (χ0v) is 17.6. The molecule has 30 heavy (non-hydrogen) atoms. The number of aryl methyl sites for hydroxylation is 2. The lowest BCUT2D eigenvalue weighted by Gasteiger charge is -2.07. The van der Waals surface area contributed by atoms with Crippen LogP contribution in [0.1, 0.15) is 32.9 Å². The van der Waals surface area contributed by atoms with E-state index in [1.54, 1.807) is 17.1 Å². The minimum Gasteiger partial charge on any atom is -0.319 e. The van der Waals surface area contributed by atoms with E-state index < -0.39 is 0 Å². The van der Waals surface area contributed by atoms with Crippen LogP contribution in [0.3, 0.4) is 0 Å². The minimum atomic E-state index is -0.171. The van der Waals surface area contributed by atoms with Gasteiger partial charge in [0.05, 0.1) is 30.7 Å². The molecule has 2 aromatic carbocycles. The zero-order valence-electron chi connectivity index (χ0n) is 16.8. The summed E-state index contributed by atoms with van der Waals surface area (Å²) in [6, 6.07) is 17.2. The topological polar surface area (TPSA) is 64.7 Å². The average Bonchev–Trinajstić information content (AvgIpc) is 3.27. The van der Waals surface area contributed by atoms with Crippen LogP contribution in [-0.4, -0.2) is 25.5 Å². The molecule has 0 radical (unpaired) electrons. The van der Waals surface area contributed by atoms with Crippen LogP contribution in [0.15, 0.2) is 67.0 Å². The van der Waals surface area contributed by atoms with E-state index in [0.717, 1.165) is 22.5 Å². The summed E-state index contributed by atoms with van der Waals surface area (Å²) in [5, 5.41) is 12.4. The van der Waals surface area contributed by atoms with Crippen molar-refractivity contribution >= 4 is 23.2 Å². The third-order valence-electron chi connectivity index (χ3n) is 4.78. The first-order valence-electron chi connectivity index (χ1n) is 9.64. The van der Waals surface area contributed by atoms with Crippen LogP contribution in [0.2, 0.25) is 5.02 Å². The predicted molar refractivity (Wildman–Crippen MR) is 118 cm³/mol. The summed E-state index contributed by atoms with van der Waals surface area (Å²) >= 11 is 6.03. The van der Waals surface area contributed by atoms with Crippen molar-refractivity contribution in [3.8, 4) is 0 Å². The third-order valence-corrected chi connectivity index (χ3v) is 5.01. The zero-order chi connectivity index (χ0) is 21.1. The molecule has 0 unspecified atom stereocenters. The van der Waals surface area contributed by atoms with E-state index >= 15 is 0 Å². The molecular weight excluding hydrogens is 398 g/mol. The maximum Gasteiger partial charge on any atom is 0.255 e. The molecule has 0 atom stereocenters. The number of anilines is 1. The first-order chi connectivity index (χ1) is 14.5. The van der Waals surface area contributed by atoms with Crippen LogP contribution < -0.4 is 5.32 Å². The number of carbonyl (C=O) groups excluding carboxylic acids is 1. The number of rotatable bonds is 6. The summed E-state index contributed by atoms with van der Waals surface area (Å²) in [6.45, 7) is 5.28. The van der Waals surface area contributed by atoms with Gasteiger partial charge in [0.1, 0.15) is 0 Å². The Balaban J connectivity index is 1.38. The van der Waals surface area contributed by atoms with E-state index in [4.69, 9.17) is 11.6 Å². The van der Waals surface area contributed by atoms with E-state index in [1.165, 1.54) is 0 Å². The number of hydrogen-bond donors (Lipinski definition) is 1. The van der Waals surface area contributed by atoms with Crippen LogP contribution in [0.25, 0.3) is 0 Å². The Morgan fingerprint density at radius 2 is 1.83 bits per heavy atom. The normalized spacial score (nSPS) is 10.9. The molecule has 0 spiro atoms. The molecule has 0 aliphatic carbocycles. The van der Waals surface area contributed by atoms with Gasteiger partial charge in [-0.05, 0) is 55.3 Å². The quantitative estimate of drug-likeness (QED) is 0.492. The van der Waals surface area contributed by atoms with Crippen LogP contribution in [-0.2, 0) is 13.1 Å². The van der Waals surface area contributed by atoms with E-state index in [2.05, 4.69) is 15.5 Å². The van der Waals surface area contributed by atoms with Gasteiger partial charge in [0.15, 0.2) is 0 Å². The Morgan fingerprint density at radius 1 is 1.03 bits per heavy atom. The number of aromatic nitrogens is 4. The number of nitrogens with one attached hydrogen (secondary N) is 1. The van der Waals surface area contributed by atoms with Gasteiger partial charge in [-0.25, -0.2) is 0 Å². The summed E-state index contributed by atoms with van der Waals surface area (Å²) in [5.41, 5.74) is 5.49. The Morgan fingerprint density at radius 3 is 2.53 bits per heavy atom. The van der Waals surface area contributed by atoms with Gasteiger partial charge in [0.2, 0.25) is 0 Å². The standard InChI is InChI=1S/C23H22ClN5O/c1-16-10-17(2)29(27-16)14-18-6-8-20(9-7-18)23(30)26-22-12-25-28(15-22)13-19-4-3-5-21(24)11-19/h3-12,15H,13-14H2,1-2H3,(H,26,30). The fraction of sp³-hybridized carbons (Fsp3) is 0.174. The molecule has 0 aliphatic heterocycles. The first kappa shape index (κ1) is 19.9. The monoisotopic (exact) mass is 419 g/mol. The molecule has 152 valence electrons. The maximum atomic E-state index is 12.6. The summed E-state index contributed by atoms with van der Waals surface area (Å²) in [4.78, 5) is 12.6. The lowest BCUT2D eigenvalue weighted by atomic mass is 10.1. The minimum absolute atomic E-state index is 0.171. The highest BCUT2D eigenvalue weighted by molar-refractivity contribution is 6.30. The van der Waals surface area contributed by atoms with Crippen molar-refractivity contribution in [1.29, 1.82) is 0 Å². The Kier molecular flexibility index (Phi) is 5.68. The highest BCUT2D eigenvalue weighted by Crippen LogP contribution is 2.14. The summed E-state index contributed by atoms with van der Waals surface area (Å²) < 4.78 is 3.72. The molecule has 6 nitrogen and oxygen atoms in total. The SMILES string of the molecule is Cc1cc(C)n(Cc2ccc(C(=O)Nc3cnn(Cc4cccc(Cl)c4)c3)cc2)n1. The van der Waals surface area contributed by atoms with Gasteiger partial charge in [-0.1, -0.05) is 35.9 Å². The molecule has 2 heterocycles. The van der Waals surface area contributed by atoms with Gasteiger partial charge < -0.3 is 5.32 Å². The molecule has 1 N–H and O–H groups in total. The lowest BCUT2D eigenvalue weighted by molar-refractivity contribution is 0.102. The molecule has 0 saturated carbocycles. The van der Waals surface area contributed by atoms with E-state index in [0.29, 0.717) is 29.4 Å². The smallest absolute Gasteiger partial charge is 0.255 e. The van der Waals surface area contributed by atoms with Crippen molar-refractivity contribution in [3.63, 3.8) is 0 Å². The number of hydrogen-bond acceptors (Lipinski definition) is 3. The van der Waals surface area contributed by atoms with Crippen molar-refractivity contribution in [2.45, 2.75) is 26.9 Å².